The Bertz CT molecular complexity index is 1310. The topological polar surface area (TPSA) is 62.5 Å². The Morgan fingerprint density at radius 3 is 2.47 bits per heavy atom. The highest BCUT2D eigenvalue weighted by Crippen LogP contribution is 2.53. The number of fused-ring (bicyclic) bond motifs is 3. The summed E-state index contributed by atoms with van der Waals surface area (Å²) in [6.07, 6.45) is 2.83. The fourth-order valence-electron chi connectivity index (χ4n) is 4.87. The van der Waals surface area contributed by atoms with Gasteiger partial charge in [-0.15, -0.1) is 11.8 Å². The van der Waals surface area contributed by atoms with E-state index in [0.717, 1.165) is 21.6 Å². The number of carbonyl (C=O) groups is 1. The SMILES string of the molecule is O=C1c2c(O)c(=O)ccn2N(C2c3ccc(F)cc3CSc3cc(F)ccc32)CC12CC2. The number of aromatic hydroxyl groups is 1. The summed E-state index contributed by atoms with van der Waals surface area (Å²) in [7, 11) is 0. The molecule has 2 aliphatic heterocycles. The quantitative estimate of drug-likeness (QED) is 0.601. The Morgan fingerprint density at radius 1 is 1.00 bits per heavy atom. The molecule has 5 nitrogen and oxygen atoms in total. The minimum absolute atomic E-state index is 0.0227. The third-order valence-electron chi connectivity index (χ3n) is 6.70. The molecule has 1 N–H and O–H groups in total. The van der Waals surface area contributed by atoms with Gasteiger partial charge in [0.05, 0.1) is 11.5 Å². The summed E-state index contributed by atoms with van der Waals surface area (Å²) in [6, 6.07) is 9.98. The molecule has 3 heterocycles. The number of aromatic nitrogens is 1. The summed E-state index contributed by atoms with van der Waals surface area (Å²) >= 11 is 1.44. The van der Waals surface area contributed by atoms with Crippen LogP contribution in [-0.4, -0.2) is 22.1 Å². The average molecular weight is 452 g/mol. The van der Waals surface area contributed by atoms with Gasteiger partial charge in [-0.2, -0.15) is 0 Å². The van der Waals surface area contributed by atoms with Crippen LogP contribution in [0.2, 0.25) is 0 Å². The molecule has 0 saturated heterocycles. The Balaban J connectivity index is 1.63. The molecule has 0 bridgehead atoms. The van der Waals surface area contributed by atoms with Crippen LogP contribution in [0.25, 0.3) is 0 Å². The number of benzene rings is 2. The van der Waals surface area contributed by atoms with Crippen LogP contribution in [0.4, 0.5) is 8.78 Å². The van der Waals surface area contributed by atoms with Gasteiger partial charge in [0.25, 0.3) is 0 Å². The number of thioether (sulfide) groups is 1. The van der Waals surface area contributed by atoms with E-state index in [1.54, 1.807) is 16.8 Å². The highest BCUT2D eigenvalue weighted by Gasteiger charge is 2.56. The highest BCUT2D eigenvalue weighted by atomic mass is 32.2. The molecule has 0 radical (unpaired) electrons. The Kier molecular flexibility index (Phi) is 4.08. The van der Waals surface area contributed by atoms with Gasteiger partial charge < -0.3 is 5.11 Å². The molecule has 32 heavy (non-hydrogen) atoms. The van der Waals surface area contributed by atoms with E-state index in [1.165, 1.54) is 48.3 Å². The van der Waals surface area contributed by atoms with Crippen LogP contribution < -0.4 is 10.4 Å². The maximum atomic E-state index is 14.1. The number of ketones is 1. The number of Topliss-reactive ketones (excluding diaryl/α,β-unsaturated/α-hetero) is 1. The number of hydrogen-bond acceptors (Lipinski definition) is 5. The van der Waals surface area contributed by atoms with Crippen LogP contribution in [0.1, 0.15) is 46.1 Å². The number of halogens is 2. The smallest absolute Gasteiger partial charge is 0.224 e. The van der Waals surface area contributed by atoms with Gasteiger partial charge in [-0.1, -0.05) is 12.1 Å². The van der Waals surface area contributed by atoms with E-state index in [1.807, 2.05) is 5.01 Å². The lowest BCUT2D eigenvalue weighted by Crippen LogP contribution is -2.51. The lowest BCUT2D eigenvalue weighted by molar-refractivity contribution is 0.0856. The molecule has 0 amide bonds. The van der Waals surface area contributed by atoms with E-state index in [4.69, 9.17) is 0 Å². The molecule has 2 aromatic carbocycles. The summed E-state index contributed by atoms with van der Waals surface area (Å²) in [5.74, 6) is -1.03. The van der Waals surface area contributed by atoms with Crippen molar-refractivity contribution in [2.24, 2.45) is 5.41 Å². The Labute approximate surface area is 186 Å². The summed E-state index contributed by atoms with van der Waals surface area (Å²) in [6.45, 7) is 0.379. The molecular formula is C24H18F2N2O3S. The average Bonchev–Trinajstić information content (AvgIpc) is 3.56. The molecule has 1 saturated carbocycles. The largest absolute Gasteiger partial charge is 0.503 e. The van der Waals surface area contributed by atoms with Crippen molar-refractivity contribution in [3.8, 4) is 5.75 Å². The highest BCUT2D eigenvalue weighted by molar-refractivity contribution is 7.98. The molecule has 1 aromatic heterocycles. The van der Waals surface area contributed by atoms with E-state index in [0.29, 0.717) is 25.1 Å². The van der Waals surface area contributed by atoms with Crippen molar-refractivity contribution in [3.63, 3.8) is 0 Å². The molecular weight excluding hydrogens is 434 g/mol. The maximum Gasteiger partial charge on any atom is 0.224 e. The predicted molar refractivity (Wildman–Crippen MR) is 116 cm³/mol. The number of hydrogen-bond donors (Lipinski definition) is 1. The van der Waals surface area contributed by atoms with Gasteiger partial charge in [0.2, 0.25) is 5.43 Å². The molecule has 1 aliphatic carbocycles. The van der Waals surface area contributed by atoms with Crippen molar-refractivity contribution in [2.75, 3.05) is 11.6 Å². The molecule has 3 aliphatic rings. The normalized spacial score (nSPS) is 20.4. The van der Waals surface area contributed by atoms with E-state index in [-0.39, 0.29) is 23.1 Å². The van der Waals surface area contributed by atoms with Crippen LogP contribution in [0.5, 0.6) is 5.75 Å². The number of carbonyl (C=O) groups excluding carboxylic acids is 1. The summed E-state index contributed by atoms with van der Waals surface area (Å²) in [5, 5.41) is 12.5. The summed E-state index contributed by atoms with van der Waals surface area (Å²) in [4.78, 5) is 26.1. The zero-order valence-electron chi connectivity index (χ0n) is 16.8. The first kappa shape index (κ1) is 19.5. The van der Waals surface area contributed by atoms with Gasteiger partial charge in [0.15, 0.2) is 17.2 Å². The second-order valence-electron chi connectivity index (χ2n) is 8.65. The van der Waals surface area contributed by atoms with E-state index in [2.05, 4.69) is 0 Å². The standard InChI is InChI=1S/C24H18F2N2O3S/c25-14-1-3-16-13(9-14)11-32-19-10-15(26)2-4-17(19)20(16)28-12-24(6-7-24)23(31)21-22(30)18(29)5-8-27(21)28/h1-5,8-10,20,30H,6-7,11-12H2. The zero-order chi connectivity index (χ0) is 22.2. The van der Waals surface area contributed by atoms with Crippen LogP contribution in [0, 0.1) is 17.0 Å². The third-order valence-corrected chi connectivity index (χ3v) is 7.82. The first-order valence-electron chi connectivity index (χ1n) is 10.3. The van der Waals surface area contributed by atoms with Crippen molar-refractivity contribution in [1.82, 2.24) is 4.68 Å². The third kappa shape index (κ3) is 2.75. The van der Waals surface area contributed by atoms with Crippen molar-refractivity contribution in [3.05, 3.63) is 92.9 Å². The molecule has 3 aromatic rings. The number of nitrogens with zero attached hydrogens (tertiary/aromatic N) is 2. The number of rotatable bonds is 1. The molecule has 1 unspecified atom stereocenters. The van der Waals surface area contributed by atoms with Gasteiger partial charge in [-0.05, 0) is 53.8 Å². The second kappa shape index (κ2) is 6.68. The van der Waals surface area contributed by atoms with Crippen LogP contribution in [0.15, 0.2) is 58.4 Å². The van der Waals surface area contributed by atoms with Crippen LogP contribution >= 0.6 is 11.8 Å². The minimum Gasteiger partial charge on any atom is -0.503 e. The molecule has 6 rings (SSSR count). The van der Waals surface area contributed by atoms with E-state index >= 15 is 0 Å². The zero-order valence-corrected chi connectivity index (χ0v) is 17.7. The lowest BCUT2D eigenvalue weighted by atomic mass is 9.90. The monoisotopic (exact) mass is 452 g/mol. The fourth-order valence-corrected chi connectivity index (χ4v) is 5.98. The Morgan fingerprint density at radius 2 is 1.72 bits per heavy atom. The van der Waals surface area contributed by atoms with Gasteiger partial charge in [0, 0.05) is 29.5 Å². The summed E-state index contributed by atoms with van der Waals surface area (Å²) in [5.41, 5.74) is 1.17. The minimum atomic E-state index is -0.662. The molecule has 1 atom stereocenters. The predicted octanol–water partition coefficient (Wildman–Crippen LogP) is 4.14. The second-order valence-corrected chi connectivity index (χ2v) is 9.66. The molecule has 1 fully saturated rings. The number of pyridine rings is 1. The fraction of sp³-hybridized carbons (Fsp3) is 0.250. The van der Waals surface area contributed by atoms with Crippen molar-refractivity contribution < 1.29 is 18.7 Å². The van der Waals surface area contributed by atoms with Crippen LogP contribution in [-0.2, 0) is 5.75 Å². The van der Waals surface area contributed by atoms with Crippen molar-refractivity contribution in [1.29, 1.82) is 0 Å². The molecule has 8 heteroatoms. The Hall–Kier alpha value is -3.13. The van der Waals surface area contributed by atoms with Crippen LogP contribution in [0.3, 0.4) is 0 Å². The van der Waals surface area contributed by atoms with Gasteiger partial charge in [-0.3, -0.25) is 19.3 Å². The summed E-state index contributed by atoms with van der Waals surface area (Å²) < 4.78 is 29.8. The maximum absolute atomic E-state index is 14.1. The van der Waals surface area contributed by atoms with E-state index < -0.39 is 22.6 Å². The van der Waals surface area contributed by atoms with E-state index in [9.17, 15) is 23.5 Å². The van der Waals surface area contributed by atoms with Gasteiger partial charge in [-0.25, -0.2) is 8.78 Å². The lowest BCUT2D eigenvalue weighted by Gasteiger charge is -2.43. The molecule has 162 valence electrons. The first-order valence-corrected chi connectivity index (χ1v) is 11.3. The van der Waals surface area contributed by atoms with Gasteiger partial charge >= 0.3 is 0 Å². The van der Waals surface area contributed by atoms with Crippen molar-refractivity contribution in [2.45, 2.75) is 29.5 Å². The first-order chi connectivity index (χ1) is 15.4. The molecule has 1 spiro atoms. The van der Waals surface area contributed by atoms with Gasteiger partial charge in [0.1, 0.15) is 11.6 Å². The van der Waals surface area contributed by atoms with Crippen molar-refractivity contribution >= 4 is 17.5 Å².